The summed E-state index contributed by atoms with van der Waals surface area (Å²) in [6.07, 6.45) is 3.07. The lowest BCUT2D eigenvalue weighted by Gasteiger charge is -2.21. The lowest BCUT2D eigenvalue weighted by Crippen LogP contribution is -2.38. The van der Waals surface area contributed by atoms with Crippen molar-refractivity contribution in [1.82, 2.24) is 4.98 Å². The number of carbonyl (C=O) groups is 2. The van der Waals surface area contributed by atoms with E-state index in [1.807, 2.05) is 0 Å². The predicted molar refractivity (Wildman–Crippen MR) is 84.6 cm³/mol. The molecule has 1 aliphatic heterocycles. The number of carbonyl (C=O) groups excluding carboxylic acids is 2. The molecule has 2 heterocycles. The molecule has 0 aliphatic carbocycles. The SMILES string of the molecule is O=C(CN1C(=O)CCOc2ccccc21)Nc1c[nH]ccc1=O. The van der Waals surface area contributed by atoms with E-state index in [1.54, 1.807) is 24.3 Å². The van der Waals surface area contributed by atoms with Gasteiger partial charge in [0.2, 0.25) is 17.2 Å². The van der Waals surface area contributed by atoms with Crippen molar-refractivity contribution in [3.8, 4) is 5.75 Å². The number of para-hydroxylation sites is 2. The molecule has 3 rings (SSSR count). The average molecular weight is 313 g/mol. The lowest BCUT2D eigenvalue weighted by molar-refractivity contribution is -0.121. The molecular weight excluding hydrogens is 298 g/mol. The van der Waals surface area contributed by atoms with Crippen LogP contribution in [-0.2, 0) is 9.59 Å². The largest absolute Gasteiger partial charge is 0.491 e. The smallest absolute Gasteiger partial charge is 0.244 e. The Balaban J connectivity index is 1.81. The zero-order valence-electron chi connectivity index (χ0n) is 12.2. The molecule has 0 unspecified atom stereocenters. The number of aromatic nitrogens is 1. The Morgan fingerprint density at radius 2 is 2.09 bits per heavy atom. The minimum Gasteiger partial charge on any atom is -0.491 e. The molecule has 2 amide bonds. The summed E-state index contributed by atoms with van der Waals surface area (Å²) in [5.41, 5.74) is 0.388. The topological polar surface area (TPSA) is 91.5 Å². The Labute approximate surface area is 131 Å². The fourth-order valence-electron chi connectivity index (χ4n) is 2.34. The number of nitrogens with one attached hydrogen (secondary N) is 2. The van der Waals surface area contributed by atoms with Crippen LogP contribution in [0.25, 0.3) is 0 Å². The standard InChI is InChI=1S/C16H15N3O4/c20-13-5-7-17-9-11(13)18-15(21)10-19-12-3-1-2-4-14(12)23-8-6-16(19)22/h1-5,7,9H,6,8,10H2,(H,17,20)(H,18,21). The van der Waals surface area contributed by atoms with Crippen molar-refractivity contribution in [2.24, 2.45) is 0 Å². The summed E-state index contributed by atoms with van der Waals surface area (Å²) >= 11 is 0. The van der Waals surface area contributed by atoms with Gasteiger partial charge in [-0.15, -0.1) is 0 Å². The van der Waals surface area contributed by atoms with E-state index in [4.69, 9.17) is 4.74 Å². The first-order chi connectivity index (χ1) is 11.1. The van der Waals surface area contributed by atoms with Gasteiger partial charge in [0.1, 0.15) is 18.0 Å². The zero-order chi connectivity index (χ0) is 16.2. The quantitative estimate of drug-likeness (QED) is 0.888. The Bertz CT molecular complexity index is 800. The van der Waals surface area contributed by atoms with Gasteiger partial charge in [0, 0.05) is 18.5 Å². The number of ether oxygens (including phenoxy) is 1. The number of nitrogens with zero attached hydrogens (tertiary/aromatic N) is 1. The summed E-state index contributed by atoms with van der Waals surface area (Å²) < 4.78 is 5.52. The summed E-state index contributed by atoms with van der Waals surface area (Å²) in [5, 5.41) is 2.51. The molecule has 1 aromatic carbocycles. The highest BCUT2D eigenvalue weighted by Crippen LogP contribution is 2.30. The third-order valence-electron chi connectivity index (χ3n) is 3.43. The van der Waals surface area contributed by atoms with Gasteiger partial charge in [-0.25, -0.2) is 0 Å². The number of aromatic amines is 1. The van der Waals surface area contributed by atoms with E-state index in [9.17, 15) is 14.4 Å². The number of hydrogen-bond donors (Lipinski definition) is 2. The molecule has 0 saturated heterocycles. The van der Waals surface area contributed by atoms with Crippen molar-refractivity contribution < 1.29 is 14.3 Å². The Hall–Kier alpha value is -3.09. The van der Waals surface area contributed by atoms with Gasteiger partial charge in [0.25, 0.3) is 0 Å². The van der Waals surface area contributed by atoms with Crippen molar-refractivity contribution in [2.75, 3.05) is 23.4 Å². The second-order valence-corrected chi connectivity index (χ2v) is 5.02. The normalized spacial score (nSPS) is 13.7. The van der Waals surface area contributed by atoms with Crippen LogP contribution in [0.3, 0.4) is 0 Å². The highest BCUT2D eigenvalue weighted by molar-refractivity contribution is 6.03. The van der Waals surface area contributed by atoms with Gasteiger partial charge >= 0.3 is 0 Å². The van der Waals surface area contributed by atoms with Crippen LogP contribution in [-0.4, -0.2) is 29.9 Å². The van der Waals surface area contributed by atoms with Gasteiger partial charge in [-0.3, -0.25) is 19.3 Å². The van der Waals surface area contributed by atoms with E-state index in [-0.39, 0.29) is 36.6 Å². The molecule has 0 atom stereocenters. The fourth-order valence-corrected chi connectivity index (χ4v) is 2.34. The second-order valence-electron chi connectivity index (χ2n) is 5.02. The van der Waals surface area contributed by atoms with Crippen molar-refractivity contribution >= 4 is 23.2 Å². The van der Waals surface area contributed by atoms with E-state index in [0.29, 0.717) is 11.4 Å². The van der Waals surface area contributed by atoms with Crippen molar-refractivity contribution in [3.05, 3.63) is 52.9 Å². The van der Waals surface area contributed by atoms with Crippen LogP contribution in [0.15, 0.2) is 47.5 Å². The number of pyridine rings is 1. The van der Waals surface area contributed by atoms with Crippen LogP contribution in [0.5, 0.6) is 5.75 Å². The lowest BCUT2D eigenvalue weighted by atomic mass is 10.2. The van der Waals surface area contributed by atoms with Crippen molar-refractivity contribution in [3.63, 3.8) is 0 Å². The molecule has 0 spiro atoms. The average Bonchev–Trinajstić information content (AvgIpc) is 2.70. The summed E-state index contributed by atoms with van der Waals surface area (Å²) in [4.78, 5) is 40.2. The summed E-state index contributed by atoms with van der Waals surface area (Å²) in [6.45, 7) is 0.0832. The van der Waals surface area contributed by atoms with Gasteiger partial charge in [0.15, 0.2) is 0 Å². The van der Waals surface area contributed by atoms with Gasteiger partial charge < -0.3 is 15.0 Å². The molecule has 0 saturated carbocycles. The number of anilines is 2. The van der Waals surface area contributed by atoms with Crippen LogP contribution < -0.4 is 20.4 Å². The van der Waals surface area contributed by atoms with E-state index >= 15 is 0 Å². The molecule has 1 aliphatic rings. The number of amides is 2. The Morgan fingerprint density at radius 3 is 2.91 bits per heavy atom. The molecule has 2 aromatic rings. The maximum Gasteiger partial charge on any atom is 0.244 e. The number of H-pyrrole nitrogens is 1. The highest BCUT2D eigenvalue weighted by Gasteiger charge is 2.25. The maximum absolute atomic E-state index is 12.2. The van der Waals surface area contributed by atoms with Crippen LogP contribution >= 0.6 is 0 Å². The Morgan fingerprint density at radius 1 is 1.26 bits per heavy atom. The van der Waals surface area contributed by atoms with Crippen LogP contribution in [0, 0.1) is 0 Å². The van der Waals surface area contributed by atoms with E-state index in [2.05, 4.69) is 10.3 Å². The number of hydrogen-bond acceptors (Lipinski definition) is 4. The Kier molecular flexibility index (Phi) is 4.09. The number of fused-ring (bicyclic) bond motifs is 1. The zero-order valence-corrected chi connectivity index (χ0v) is 12.2. The first-order valence-electron chi connectivity index (χ1n) is 7.14. The second kappa shape index (κ2) is 6.35. The van der Waals surface area contributed by atoms with E-state index in [0.717, 1.165) is 0 Å². The minimum atomic E-state index is -0.452. The van der Waals surface area contributed by atoms with E-state index < -0.39 is 5.91 Å². The molecule has 0 radical (unpaired) electrons. The third-order valence-corrected chi connectivity index (χ3v) is 3.43. The predicted octanol–water partition coefficient (Wildman–Crippen LogP) is 1.13. The molecule has 1 aromatic heterocycles. The molecule has 7 heteroatoms. The minimum absolute atomic E-state index is 0.143. The third kappa shape index (κ3) is 3.23. The fraction of sp³-hybridized carbons (Fsp3) is 0.188. The maximum atomic E-state index is 12.2. The summed E-state index contributed by atoms with van der Waals surface area (Å²) in [6, 6.07) is 8.36. The molecular formula is C16H15N3O4. The number of benzene rings is 1. The monoisotopic (exact) mass is 313 g/mol. The molecule has 23 heavy (non-hydrogen) atoms. The summed E-state index contributed by atoms with van der Waals surface area (Å²) in [7, 11) is 0. The van der Waals surface area contributed by atoms with Crippen LogP contribution in [0.2, 0.25) is 0 Å². The van der Waals surface area contributed by atoms with E-state index in [1.165, 1.54) is 23.4 Å². The summed E-state index contributed by atoms with van der Waals surface area (Å²) in [5.74, 6) is -0.0949. The first kappa shape index (κ1) is 14.8. The molecule has 118 valence electrons. The van der Waals surface area contributed by atoms with Crippen LogP contribution in [0.4, 0.5) is 11.4 Å². The van der Waals surface area contributed by atoms with Gasteiger partial charge in [-0.2, -0.15) is 0 Å². The first-order valence-corrected chi connectivity index (χ1v) is 7.14. The van der Waals surface area contributed by atoms with Gasteiger partial charge in [-0.1, -0.05) is 12.1 Å². The molecule has 7 nitrogen and oxygen atoms in total. The van der Waals surface area contributed by atoms with Gasteiger partial charge in [-0.05, 0) is 12.1 Å². The number of rotatable bonds is 3. The van der Waals surface area contributed by atoms with Crippen molar-refractivity contribution in [2.45, 2.75) is 6.42 Å². The van der Waals surface area contributed by atoms with Crippen molar-refractivity contribution in [1.29, 1.82) is 0 Å². The highest BCUT2D eigenvalue weighted by atomic mass is 16.5. The molecule has 0 bridgehead atoms. The van der Waals surface area contributed by atoms with Gasteiger partial charge in [0.05, 0.1) is 18.7 Å². The molecule has 2 N–H and O–H groups in total. The molecule has 0 fully saturated rings. The van der Waals surface area contributed by atoms with Crippen LogP contribution in [0.1, 0.15) is 6.42 Å².